The number of alkyl halides is 6. The number of benzene rings is 2. The van der Waals surface area contributed by atoms with E-state index in [1.807, 2.05) is 0 Å². The molecule has 0 N–H and O–H groups in total. The largest absolute Gasteiger partial charge is 0.416 e. The van der Waals surface area contributed by atoms with E-state index in [1.54, 1.807) is 0 Å². The summed E-state index contributed by atoms with van der Waals surface area (Å²) in [6, 6.07) is 9.70. The summed E-state index contributed by atoms with van der Waals surface area (Å²) in [6.07, 6.45) is -8.96. The van der Waals surface area contributed by atoms with E-state index in [-0.39, 0.29) is 15.9 Å². The van der Waals surface area contributed by atoms with E-state index < -0.39 is 39.6 Å². The molecule has 2 aromatic carbocycles. The number of hydrogen-bond acceptors (Lipinski definition) is 2. The normalized spacial score (nSPS) is 14.0. The molecule has 3 aromatic rings. The van der Waals surface area contributed by atoms with Gasteiger partial charge in [0.25, 0.3) is 0 Å². The van der Waals surface area contributed by atoms with Crippen molar-refractivity contribution in [3.63, 3.8) is 0 Å². The van der Waals surface area contributed by atoms with Gasteiger partial charge in [0.1, 0.15) is 8.07 Å². The lowest BCUT2D eigenvalue weighted by molar-refractivity contribution is -0.138. The molecule has 40 heavy (non-hydrogen) atoms. The molecule has 218 valence electrons. The summed E-state index contributed by atoms with van der Waals surface area (Å²) in [6.45, 7) is 21.9. The number of aromatic nitrogens is 2. The molecule has 0 spiro atoms. The summed E-state index contributed by atoms with van der Waals surface area (Å²) in [7, 11) is -4.81. The van der Waals surface area contributed by atoms with E-state index >= 15 is 0 Å². The van der Waals surface area contributed by atoms with E-state index in [4.69, 9.17) is 9.97 Å². The zero-order valence-corrected chi connectivity index (χ0v) is 26.8. The van der Waals surface area contributed by atoms with Gasteiger partial charge in [-0.1, -0.05) is 92.0 Å². The fourth-order valence-corrected chi connectivity index (χ4v) is 10.1. The Balaban J connectivity index is 2.49. The van der Waals surface area contributed by atoms with Gasteiger partial charge in [-0.05, 0) is 39.5 Å². The highest BCUT2D eigenvalue weighted by molar-refractivity contribution is 7.01. The standard InChI is InChI=1S/C30H38F6N2Si2/c1-27(2,3)39(7,8)24-23(19-11-15-21(16-12-19)29(31,32)33)37-25(38-26(24)40(9,10)28(4,5)6)20-13-17-22(18-14-20)30(34,35)36/h11-18H,1-10H3. The quantitative estimate of drug-likeness (QED) is 0.222. The fourth-order valence-electron chi connectivity index (χ4n) is 4.20. The molecule has 0 aliphatic rings. The van der Waals surface area contributed by atoms with Crippen molar-refractivity contribution < 1.29 is 26.3 Å². The molecule has 0 radical (unpaired) electrons. The van der Waals surface area contributed by atoms with Gasteiger partial charge in [0.2, 0.25) is 0 Å². The third kappa shape index (κ3) is 6.07. The second-order valence-corrected chi connectivity index (χ2v) is 24.0. The predicted octanol–water partition coefficient (Wildman–Crippen LogP) is 9.28. The Morgan fingerprint density at radius 3 is 1.25 bits per heavy atom. The van der Waals surface area contributed by atoms with Gasteiger partial charge in [0.15, 0.2) is 5.82 Å². The topological polar surface area (TPSA) is 25.8 Å². The van der Waals surface area contributed by atoms with Crippen molar-refractivity contribution >= 4 is 26.7 Å². The summed E-state index contributed by atoms with van der Waals surface area (Å²) >= 11 is 0. The maximum atomic E-state index is 13.4. The molecule has 0 atom stereocenters. The maximum absolute atomic E-state index is 13.4. The van der Waals surface area contributed by atoms with Gasteiger partial charge in [-0.15, -0.1) is 0 Å². The molecule has 0 bridgehead atoms. The Bertz CT molecular complexity index is 1360. The van der Waals surface area contributed by atoms with Gasteiger partial charge < -0.3 is 0 Å². The highest BCUT2D eigenvalue weighted by Gasteiger charge is 2.48. The summed E-state index contributed by atoms with van der Waals surface area (Å²) in [5, 5.41) is 1.62. The lowest BCUT2D eigenvalue weighted by atomic mass is 10.1. The molecular formula is C30H38F6N2Si2. The van der Waals surface area contributed by atoms with Gasteiger partial charge >= 0.3 is 12.4 Å². The van der Waals surface area contributed by atoms with Crippen LogP contribution in [0.1, 0.15) is 52.7 Å². The third-order valence-electron chi connectivity index (χ3n) is 8.83. The molecule has 0 amide bonds. The van der Waals surface area contributed by atoms with Crippen LogP contribution in [0.25, 0.3) is 22.6 Å². The molecule has 0 unspecified atom stereocenters. The fraction of sp³-hybridized carbons (Fsp3) is 0.467. The molecule has 1 aromatic heterocycles. The molecule has 3 rings (SSSR count). The SMILES string of the molecule is CC(C)(C)[Si](C)(C)c1nc(-c2ccc(C(F)(F)F)cc2)nc(-c2ccc(C(F)(F)F)cc2)c1[Si](C)(C)C(C)(C)C. The van der Waals surface area contributed by atoms with Gasteiger partial charge in [-0.3, -0.25) is 0 Å². The first-order chi connectivity index (χ1) is 17.9. The molecule has 0 fully saturated rings. The van der Waals surface area contributed by atoms with Crippen molar-refractivity contribution in [2.24, 2.45) is 0 Å². The molecular weight excluding hydrogens is 559 g/mol. The molecule has 0 aliphatic carbocycles. The monoisotopic (exact) mass is 596 g/mol. The second kappa shape index (κ2) is 10.1. The minimum Gasteiger partial charge on any atom is -0.238 e. The summed E-state index contributed by atoms with van der Waals surface area (Å²) in [4.78, 5) is 10.0. The summed E-state index contributed by atoms with van der Waals surface area (Å²) in [5.74, 6) is 0.269. The van der Waals surface area contributed by atoms with Crippen LogP contribution in [0.4, 0.5) is 26.3 Å². The van der Waals surface area contributed by atoms with E-state index in [0.717, 1.165) is 34.8 Å². The van der Waals surface area contributed by atoms with E-state index in [1.165, 1.54) is 24.3 Å². The van der Waals surface area contributed by atoms with Crippen molar-refractivity contribution in [2.45, 2.75) is 90.2 Å². The predicted molar refractivity (Wildman–Crippen MR) is 157 cm³/mol. The van der Waals surface area contributed by atoms with E-state index in [0.29, 0.717) is 16.8 Å². The Hall–Kier alpha value is -2.47. The van der Waals surface area contributed by atoms with Crippen molar-refractivity contribution in [1.82, 2.24) is 9.97 Å². The van der Waals surface area contributed by atoms with Gasteiger partial charge in [0, 0.05) is 16.4 Å². The smallest absolute Gasteiger partial charge is 0.238 e. The van der Waals surface area contributed by atoms with Crippen LogP contribution in [0.2, 0.25) is 36.3 Å². The molecule has 1 heterocycles. The van der Waals surface area contributed by atoms with E-state index in [2.05, 4.69) is 67.7 Å². The average molecular weight is 597 g/mol. The highest BCUT2D eigenvalue weighted by atomic mass is 28.3. The summed E-state index contributed by atoms with van der Waals surface area (Å²) in [5.41, 5.74) is -0.0234. The average Bonchev–Trinajstić information content (AvgIpc) is 2.81. The van der Waals surface area contributed by atoms with Crippen molar-refractivity contribution in [2.75, 3.05) is 0 Å². The van der Waals surface area contributed by atoms with Crippen LogP contribution < -0.4 is 10.5 Å². The Morgan fingerprint density at radius 2 is 0.900 bits per heavy atom. The van der Waals surface area contributed by atoms with E-state index in [9.17, 15) is 26.3 Å². The van der Waals surface area contributed by atoms with Crippen LogP contribution in [0.3, 0.4) is 0 Å². The summed E-state index contributed by atoms with van der Waals surface area (Å²) < 4.78 is 80.0. The van der Waals surface area contributed by atoms with Crippen molar-refractivity contribution in [3.05, 3.63) is 59.7 Å². The molecule has 10 heteroatoms. The third-order valence-corrected chi connectivity index (χ3v) is 19.9. The van der Waals surface area contributed by atoms with Crippen molar-refractivity contribution in [3.8, 4) is 22.6 Å². The first-order valence-corrected chi connectivity index (χ1v) is 19.2. The first kappa shape index (κ1) is 32.1. The van der Waals surface area contributed by atoms with Gasteiger partial charge in [-0.2, -0.15) is 26.3 Å². The maximum Gasteiger partial charge on any atom is 0.416 e. The zero-order chi connectivity index (χ0) is 30.7. The Labute approximate surface area is 235 Å². The lowest BCUT2D eigenvalue weighted by Crippen LogP contribution is -2.66. The second-order valence-electron chi connectivity index (χ2n) is 13.5. The van der Waals surface area contributed by atoms with Gasteiger partial charge in [-0.25, -0.2) is 9.97 Å². The molecule has 0 saturated heterocycles. The first-order valence-electron chi connectivity index (χ1n) is 13.2. The molecule has 0 aliphatic heterocycles. The number of hydrogen-bond donors (Lipinski definition) is 0. The van der Waals surface area contributed by atoms with Crippen LogP contribution in [-0.4, -0.2) is 26.1 Å². The van der Waals surface area contributed by atoms with Crippen LogP contribution in [0, 0.1) is 0 Å². The van der Waals surface area contributed by atoms with Crippen LogP contribution >= 0.6 is 0 Å². The Morgan fingerprint density at radius 1 is 0.525 bits per heavy atom. The highest BCUT2D eigenvalue weighted by Crippen LogP contribution is 2.41. The van der Waals surface area contributed by atoms with Crippen molar-refractivity contribution in [1.29, 1.82) is 0 Å². The van der Waals surface area contributed by atoms with Crippen LogP contribution in [-0.2, 0) is 12.4 Å². The Kier molecular flexibility index (Phi) is 8.10. The number of rotatable bonds is 4. The van der Waals surface area contributed by atoms with Gasteiger partial charge in [0.05, 0.1) is 24.9 Å². The van der Waals surface area contributed by atoms with Crippen LogP contribution in [0.15, 0.2) is 48.5 Å². The lowest BCUT2D eigenvalue weighted by Gasteiger charge is -2.44. The minimum absolute atomic E-state index is 0.146. The van der Waals surface area contributed by atoms with Crippen LogP contribution in [0.5, 0.6) is 0 Å². The minimum atomic E-state index is -4.48. The zero-order valence-electron chi connectivity index (χ0n) is 24.8. The molecule has 2 nitrogen and oxygen atoms in total. The number of nitrogens with zero attached hydrogens (tertiary/aromatic N) is 2. The number of halogens is 6. The molecule has 0 saturated carbocycles.